The molecule has 1 aromatic carbocycles. The molecule has 0 spiro atoms. The topological polar surface area (TPSA) is 46.5 Å². The van der Waals surface area contributed by atoms with Crippen molar-refractivity contribution in [3.8, 4) is 5.75 Å². The van der Waals surface area contributed by atoms with E-state index in [2.05, 4.69) is 0 Å². The van der Waals surface area contributed by atoms with Gasteiger partial charge in [-0.05, 0) is 24.5 Å². The van der Waals surface area contributed by atoms with Crippen LogP contribution in [0.15, 0.2) is 12.1 Å². The standard InChI is InChI=1S/C11H12F2O3/c1-16-10-6-9(13)8(12)5-7(10)3-2-4-11(14)15/h5-6H,2-4H2,1H3,(H,14,15). The molecule has 0 radical (unpaired) electrons. The van der Waals surface area contributed by atoms with E-state index in [9.17, 15) is 13.6 Å². The van der Waals surface area contributed by atoms with Crippen LogP contribution < -0.4 is 4.74 Å². The number of rotatable bonds is 5. The summed E-state index contributed by atoms with van der Waals surface area (Å²) in [5, 5.41) is 8.45. The van der Waals surface area contributed by atoms with Gasteiger partial charge in [-0.3, -0.25) is 4.79 Å². The van der Waals surface area contributed by atoms with Gasteiger partial charge in [0.05, 0.1) is 7.11 Å². The molecule has 5 heteroatoms. The highest BCUT2D eigenvalue weighted by Crippen LogP contribution is 2.23. The molecule has 0 saturated carbocycles. The second-order valence-electron chi connectivity index (χ2n) is 3.33. The molecule has 1 N–H and O–H groups in total. The zero-order valence-corrected chi connectivity index (χ0v) is 8.80. The molecule has 0 fully saturated rings. The molecule has 0 bridgehead atoms. The van der Waals surface area contributed by atoms with Gasteiger partial charge in [0.2, 0.25) is 0 Å². The Hall–Kier alpha value is -1.65. The van der Waals surface area contributed by atoms with E-state index < -0.39 is 17.6 Å². The van der Waals surface area contributed by atoms with Gasteiger partial charge < -0.3 is 9.84 Å². The molecule has 0 saturated heterocycles. The van der Waals surface area contributed by atoms with E-state index in [0.717, 1.165) is 12.1 Å². The predicted octanol–water partition coefficient (Wildman–Crippen LogP) is 2.38. The fourth-order valence-electron chi connectivity index (χ4n) is 1.39. The number of carbonyl (C=O) groups is 1. The van der Waals surface area contributed by atoms with E-state index in [-0.39, 0.29) is 12.2 Å². The highest BCUT2D eigenvalue weighted by atomic mass is 19.2. The molecule has 1 aromatic rings. The first-order valence-electron chi connectivity index (χ1n) is 4.78. The summed E-state index contributed by atoms with van der Waals surface area (Å²) < 4.78 is 30.7. The maximum absolute atomic E-state index is 12.9. The molecule has 0 aliphatic rings. The largest absolute Gasteiger partial charge is 0.496 e. The van der Waals surface area contributed by atoms with Crippen LogP contribution in [-0.2, 0) is 11.2 Å². The van der Waals surface area contributed by atoms with Gasteiger partial charge in [-0.15, -0.1) is 0 Å². The number of ether oxygens (including phenoxy) is 1. The van der Waals surface area contributed by atoms with E-state index in [1.165, 1.54) is 7.11 Å². The van der Waals surface area contributed by atoms with Crippen molar-refractivity contribution in [2.75, 3.05) is 7.11 Å². The van der Waals surface area contributed by atoms with Crippen molar-refractivity contribution in [2.45, 2.75) is 19.3 Å². The van der Waals surface area contributed by atoms with Gasteiger partial charge in [0.25, 0.3) is 0 Å². The Balaban J connectivity index is 2.77. The zero-order valence-electron chi connectivity index (χ0n) is 8.80. The Morgan fingerprint density at radius 1 is 1.38 bits per heavy atom. The van der Waals surface area contributed by atoms with Crippen molar-refractivity contribution >= 4 is 5.97 Å². The first-order chi connectivity index (χ1) is 7.54. The Bertz CT molecular complexity index is 391. The number of methoxy groups -OCH3 is 1. The molecule has 88 valence electrons. The molecule has 0 unspecified atom stereocenters. The maximum Gasteiger partial charge on any atom is 0.303 e. The Kier molecular flexibility index (Phi) is 4.22. The van der Waals surface area contributed by atoms with E-state index in [0.29, 0.717) is 18.4 Å². The fourth-order valence-corrected chi connectivity index (χ4v) is 1.39. The lowest BCUT2D eigenvalue weighted by molar-refractivity contribution is -0.137. The van der Waals surface area contributed by atoms with Crippen molar-refractivity contribution in [1.29, 1.82) is 0 Å². The number of aliphatic carboxylic acids is 1. The number of aryl methyl sites for hydroxylation is 1. The molecule has 0 aromatic heterocycles. The van der Waals surface area contributed by atoms with Crippen LogP contribution in [0.4, 0.5) is 8.78 Å². The van der Waals surface area contributed by atoms with Gasteiger partial charge in [-0.2, -0.15) is 0 Å². The lowest BCUT2D eigenvalue weighted by Gasteiger charge is -2.08. The molecule has 1 rings (SSSR count). The molecule has 0 heterocycles. The summed E-state index contributed by atoms with van der Waals surface area (Å²) in [6, 6.07) is 2.00. The van der Waals surface area contributed by atoms with Crippen LogP contribution in [0.5, 0.6) is 5.75 Å². The van der Waals surface area contributed by atoms with Crippen LogP contribution in [0, 0.1) is 11.6 Å². The number of hydrogen-bond donors (Lipinski definition) is 1. The predicted molar refractivity (Wildman–Crippen MR) is 53.5 cm³/mol. The van der Waals surface area contributed by atoms with E-state index >= 15 is 0 Å². The number of benzene rings is 1. The highest BCUT2D eigenvalue weighted by molar-refractivity contribution is 5.66. The molecular formula is C11H12F2O3. The summed E-state index contributed by atoms with van der Waals surface area (Å²) in [6.45, 7) is 0. The van der Waals surface area contributed by atoms with Crippen molar-refractivity contribution in [3.63, 3.8) is 0 Å². The highest BCUT2D eigenvalue weighted by Gasteiger charge is 2.10. The Morgan fingerprint density at radius 2 is 2.00 bits per heavy atom. The quantitative estimate of drug-likeness (QED) is 0.844. The van der Waals surface area contributed by atoms with Gasteiger partial charge in [-0.1, -0.05) is 0 Å². The summed E-state index contributed by atoms with van der Waals surface area (Å²) in [7, 11) is 1.35. The number of hydrogen-bond acceptors (Lipinski definition) is 2. The lowest BCUT2D eigenvalue weighted by atomic mass is 10.1. The molecule has 0 atom stereocenters. The van der Waals surface area contributed by atoms with E-state index in [1.807, 2.05) is 0 Å². The average Bonchev–Trinajstić information content (AvgIpc) is 2.22. The molecule has 0 amide bonds. The molecule has 3 nitrogen and oxygen atoms in total. The van der Waals surface area contributed by atoms with Crippen LogP contribution in [0.3, 0.4) is 0 Å². The number of carboxylic acids is 1. The summed E-state index contributed by atoms with van der Waals surface area (Å²) in [5.74, 6) is -2.60. The first kappa shape index (κ1) is 12.4. The third kappa shape index (κ3) is 3.18. The van der Waals surface area contributed by atoms with Crippen molar-refractivity contribution in [1.82, 2.24) is 0 Å². The second kappa shape index (κ2) is 5.44. The molecular weight excluding hydrogens is 218 g/mol. The van der Waals surface area contributed by atoms with E-state index in [4.69, 9.17) is 9.84 Å². The summed E-state index contributed by atoms with van der Waals surface area (Å²) in [4.78, 5) is 10.3. The van der Waals surface area contributed by atoms with Crippen LogP contribution in [0.1, 0.15) is 18.4 Å². The zero-order chi connectivity index (χ0) is 12.1. The third-order valence-corrected chi connectivity index (χ3v) is 2.16. The van der Waals surface area contributed by atoms with Gasteiger partial charge in [0, 0.05) is 12.5 Å². The monoisotopic (exact) mass is 230 g/mol. The van der Waals surface area contributed by atoms with Gasteiger partial charge in [-0.25, -0.2) is 8.78 Å². The van der Waals surface area contributed by atoms with E-state index in [1.54, 1.807) is 0 Å². The molecule has 0 aliphatic carbocycles. The lowest BCUT2D eigenvalue weighted by Crippen LogP contribution is -1.99. The SMILES string of the molecule is COc1cc(F)c(F)cc1CCCC(=O)O. The number of carboxylic acid groups (broad SMARTS) is 1. The summed E-state index contributed by atoms with van der Waals surface area (Å²) in [5.41, 5.74) is 0.475. The second-order valence-corrected chi connectivity index (χ2v) is 3.33. The van der Waals surface area contributed by atoms with Gasteiger partial charge in [0.1, 0.15) is 5.75 Å². The summed E-state index contributed by atoms with van der Waals surface area (Å²) in [6.07, 6.45) is 0.686. The van der Waals surface area contributed by atoms with Gasteiger partial charge in [0.15, 0.2) is 11.6 Å². The average molecular weight is 230 g/mol. The van der Waals surface area contributed by atoms with Crippen LogP contribution in [0.2, 0.25) is 0 Å². The first-order valence-corrected chi connectivity index (χ1v) is 4.78. The minimum Gasteiger partial charge on any atom is -0.496 e. The van der Waals surface area contributed by atoms with Crippen molar-refractivity contribution < 1.29 is 23.4 Å². The normalized spacial score (nSPS) is 10.2. The third-order valence-electron chi connectivity index (χ3n) is 2.16. The minimum absolute atomic E-state index is 0.0118. The smallest absolute Gasteiger partial charge is 0.303 e. The van der Waals surface area contributed by atoms with Crippen LogP contribution in [0.25, 0.3) is 0 Å². The molecule has 16 heavy (non-hydrogen) atoms. The Labute approximate surface area is 91.7 Å². The van der Waals surface area contributed by atoms with Gasteiger partial charge >= 0.3 is 5.97 Å². The Morgan fingerprint density at radius 3 is 2.56 bits per heavy atom. The fraction of sp³-hybridized carbons (Fsp3) is 0.364. The number of halogens is 2. The van der Waals surface area contributed by atoms with Crippen molar-refractivity contribution in [3.05, 3.63) is 29.3 Å². The van der Waals surface area contributed by atoms with Crippen molar-refractivity contribution in [2.24, 2.45) is 0 Å². The maximum atomic E-state index is 12.9. The summed E-state index contributed by atoms with van der Waals surface area (Å²) >= 11 is 0. The van der Waals surface area contributed by atoms with Crippen LogP contribution >= 0.6 is 0 Å². The minimum atomic E-state index is -0.973. The van der Waals surface area contributed by atoms with Crippen LogP contribution in [-0.4, -0.2) is 18.2 Å². The molecule has 0 aliphatic heterocycles.